The molecule has 0 bridgehead atoms. The Bertz CT molecular complexity index is 1100. The zero-order valence-corrected chi connectivity index (χ0v) is 16.9. The highest BCUT2D eigenvalue weighted by atomic mass is 35.5. The van der Waals surface area contributed by atoms with Crippen molar-refractivity contribution >= 4 is 11.6 Å². The molecule has 9 heteroatoms. The van der Waals surface area contributed by atoms with Crippen molar-refractivity contribution in [2.75, 3.05) is 13.1 Å². The number of benzene rings is 1. The van der Waals surface area contributed by atoms with Gasteiger partial charge in [0.2, 0.25) is 23.4 Å². The number of likely N-dealkylation sites (tertiary alicyclic amines) is 1. The normalized spacial score (nSPS) is 15.5. The summed E-state index contributed by atoms with van der Waals surface area (Å²) in [5.41, 5.74) is 1.60. The van der Waals surface area contributed by atoms with Crippen LogP contribution in [0, 0.1) is 0 Å². The van der Waals surface area contributed by atoms with E-state index in [-0.39, 0.29) is 5.92 Å². The Morgan fingerprint density at radius 3 is 2.50 bits per heavy atom. The highest BCUT2D eigenvalue weighted by molar-refractivity contribution is 6.30. The number of hydrogen-bond donors (Lipinski definition) is 0. The molecule has 152 valence electrons. The van der Waals surface area contributed by atoms with Crippen molar-refractivity contribution in [1.29, 1.82) is 0 Å². The van der Waals surface area contributed by atoms with Crippen molar-refractivity contribution in [2.45, 2.75) is 25.3 Å². The first-order valence-electron chi connectivity index (χ1n) is 9.80. The van der Waals surface area contributed by atoms with Crippen molar-refractivity contribution in [2.24, 2.45) is 0 Å². The first-order valence-corrected chi connectivity index (χ1v) is 10.2. The van der Waals surface area contributed by atoms with E-state index in [2.05, 4.69) is 30.2 Å². The van der Waals surface area contributed by atoms with Crippen molar-refractivity contribution < 1.29 is 9.05 Å². The molecule has 0 unspecified atom stereocenters. The molecule has 0 saturated carbocycles. The summed E-state index contributed by atoms with van der Waals surface area (Å²) in [7, 11) is 0. The van der Waals surface area contributed by atoms with Crippen LogP contribution in [0.3, 0.4) is 0 Å². The van der Waals surface area contributed by atoms with Gasteiger partial charge in [0.05, 0.1) is 6.54 Å². The molecule has 1 aliphatic rings. The van der Waals surface area contributed by atoms with Gasteiger partial charge in [-0.2, -0.15) is 9.97 Å². The lowest BCUT2D eigenvalue weighted by molar-refractivity contribution is 0.168. The minimum atomic E-state index is 0.249. The monoisotopic (exact) mass is 422 g/mol. The quantitative estimate of drug-likeness (QED) is 0.472. The summed E-state index contributed by atoms with van der Waals surface area (Å²) in [4.78, 5) is 15.6. The minimum absolute atomic E-state index is 0.249. The predicted octanol–water partition coefficient (Wildman–Crippen LogP) is 4.21. The number of pyridine rings is 1. The van der Waals surface area contributed by atoms with E-state index < -0.39 is 0 Å². The Labute approximate surface area is 177 Å². The number of piperidine rings is 1. The van der Waals surface area contributed by atoms with Crippen LogP contribution in [0.2, 0.25) is 5.02 Å². The first kappa shape index (κ1) is 18.9. The maximum Gasteiger partial charge on any atom is 0.241 e. The second-order valence-electron chi connectivity index (χ2n) is 7.24. The molecule has 8 nitrogen and oxygen atoms in total. The Morgan fingerprint density at radius 1 is 0.933 bits per heavy atom. The van der Waals surface area contributed by atoms with Gasteiger partial charge in [-0.3, -0.25) is 9.88 Å². The van der Waals surface area contributed by atoms with Crippen LogP contribution in [-0.2, 0) is 6.54 Å². The molecular weight excluding hydrogens is 404 g/mol. The Balaban J connectivity index is 1.18. The van der Waals surface area contributed by atoms with Crippen molar-refractivity contribution in [3.05, 3.63) is 65.5 Å². The fourth-order valence-electron chi connectivity index (χ4n) is 3.56. The van der Waals surface area contributed by atoms with Gasteiger partial charge in [-0.05, 0) is 62.3 Å². The molecule has 0 amide bonds. The van der Waals surface area contributed by atoms with Gasteiger partial charge < -0.3 is 9.05 Å². The Morgan fingerprint density at radius 2 is 1.73 bits per heavy atom. The average molecular weight is 423 g/mol. The van der Waals surface area contributed by atoms with Crippen LogP contribution >= 0.6 is 11.6 Å². The second kappa shape index (κ2) is 8.33. The molecule has 0 radical (unpaired) electrons. The summed E-state index contributed by atoms with van der Waals surface area (Å²) in [5.74, 6) is 2.64. The van der Waals surface area contributed by atoms with Gasteiger partial charge in [0.1, 0.15) is 5.69 Å². The first-order chi connectivity index (χ1) is 14.7. The Kier molecular flexibility index (Phi) is 5.25. The molecular formula is C21H19ClN6O2. The highest BCUT2D eigenvalue weighted by Gasteiger charge is 2.26. The number of hydrogen-bond acceptors (Lipinski definition) is 8. The average Bonchev–Trinajstić information content (AvgIpc) is 3.46. The topological polar surface area (TPSA) is 94.0 Å². The fraction of sp³-hybridized carbons (Fsp3) is 0.286. The molecule has 1 saturated heterocycles. The van der Waals surface area contributed by atoms with E-state index in [1.165, 1.54) is 0 Å². The van der Waals surface area contributed by atoms with Gasteiger partial charge in [0.15, 0.2) is 0 Å². The van der Waals surface area contributed by atoms with E-state index in [0.29, 0.717) is 35.0 Å². The third-order valence-corrected chi connectivity index (χ3v) is 5.45. The zero-order valence-electron chi connectivity index (χ0n) is 16.1. The maximum absolute atomic E-state index is 5.93. The zero-order chi connectivity index (χ0) is 20.3. The molecule has 4 aromatic rings. The molecule has 4 heterocycles. The van der Waals surface area contributed by atoms with Crippen molar-refractivity contribution in [3.8, 4) is 22.9 Å². The molecule has 1 fully saturated rings. The molecule has 30 heavy (non-hydrogen) atoms. The van der Waals surface area contributed by atoms with E-state index in [9.17, 15) is 0 Å². The van der Waals surface area contributed by atoms with Crippen LogP contribution in [0.15, 0.2) is 57.7 Å². The number of rotatable bonds is 5. The van der Waals surface area contributed by atoms with Gasteiger partial charge in [-0.15, -0.1) is 0 Å². The summed E-state index contributed by atoms with van der Waals surface area (Å²) in [6.45, 7) is 2.41. The van der Waals surface area contributed by atoms with Crippen LogP contribution < -0.4 is 0 Å². The summed E-state index contributed by atoms with van der Waals surface area (Å²) in [6, 6.07) is 13.0. The Hall–Kier alpha value is -3.10. The molecule has 3 aromatic heterocycles. The predicted molar refractivity (Wildman–Crippen MR) is 110 cm³/mol. The lowest BCUT2D eigenvalue weighted by Gasteiger charge is -2.28. The molecule has 1 aromatic carbocycles. The lowest BCUT2D eigenvalue weighted by Crippen LogP contribution is -2.32. The summed E-state index contributed by atoms with van der Waals surface area (Å²) >= 11 is 5.93. The summed E-state index contributed by atoms with van der Waals surface area (Å²) in [5, 5.41) is 8.84. The SMILES string of the molecule is Clc1ccc(-c2noc(CN3CCC(c4nc(-c5ccccn5)no4)CC3)n2)cc1. The van der Waals surface area contributed by atoms with E-state index in [1.54, 1.807) is 6.20 Å². The van der Waals surface area contributed by atoms with Gasteiger partial charge >= 0.3 is 0 Å². The molecule has 0 N–H and O–H groups in total. The molecule has 1 aliphatic heterocycles. The van der Waals surface area contributed by atoms with Crippen LogP contribution in [-0.4, -0.2) is 43.3 Å². The van der Waals surface area contributed by atoms with E-state index in [1.807, 2.05) is 42.5 Å². The van der Waals surface area contributed by atoms with Gasteiger partial charge in [-0.1, -0.05) is 28.0 Å². The third kappa shape index (κ3) is 4.10. The van der Waals surface area contributed by atoms with E-state index in [0.717, 1.165) is 37.2 Å². The third-order valence-electron chi connectivity index (χ3n) is 5.20. The van der Waals surface area contributed by atoms with Crippen LogP contribution in [0.25, 0.3) is 22.9 Å². The summed E-state index contributed by atoms with van der Waals surface area (Å²) < 4.78 is 10.9. The van der Waals surface area contributed by atoms with Gasteiger partial charge in [0, 0.05) is 22.7 Å². The molecule has 0 spiro atoms. The standard InChI is InChI=1S/C21H19ClN6O2/c22-16-6-4-14(5-7-16)19-24-18(29-26-19)13-28-11-8-15(9-12-28)21-25-20(27-30-21)17-3-1-2-10-23-17/h1-7,10,15H,8-9,11-13H2. The second-order valence-corrected chi connectivity index (χ2v) is 7.68. The van der Waals surface area contributed by atoms with Crippen LogP contribution in [0.4, 0.5) is 0 Å². The van der Waals surface area contributed by atoms with Crippen molar-refractivity contribution in [3.63, 3.8) is 0 Å². The van der Waals surface area contributed by atoms with Crippen LogP contribution in [0.1, 0.15) is 30.5 Å². The molecule has 0 atom stereocenters. The molecule has 5 rings (SSSR count). The lowest BCUT2D eigenvalue weighted by atomic mass is 9.97. The largest absolute Gasteiger partial charge is 0.339 e. The minimum Gasteiger partial charge on any atom is -0.339 e. The smallest absolute Gasteiger partial charge is 0.241 e. The molecule has 0 aliphatic carbocycles. The van der Waals surface area contributed by atoms with Gasteiger partial charge in [0.25, 0.3) is 0 Å². The van der Waals surface area contributed by atoms with Crippen molar-refractivity contribution in [1.82, 2.24) is 30.2 Å². The van der Waals surface area contributed by atoms with E-state index >= 15 is 0 Å². The van der Waals surface area contributed by atoms with Gasteiger partial charge in [-0.25, -0.2) is 0 Å². The number of aromatic nitrogens is 5. The van der Waals surface area contributed by atoms with Crippen LogP contribution in [0.5, 0.6) is 0 Å². The number of nitrogens with zero attached hydrogens (tertiary/aromatic N) is 6. The highest BCUT2D eigenvalue weighted by Crippen LogP contribution is 2.29. The van der Waals surface area contributed by atoms with E-state index in [4.69, 9.17) is 20.6 Å². The number of halogens is 1. The fourth-order valence-corrected chi connectivity index (χ4v) is 3.69. The summed E-state index contributed by atoms with van der Waals surface area (Å²) in [6.07, 6.45) is 3.59. The maximum atomic E-state index is 5.93.